The van der Waals surface area contributed by atoms with Crippen LogP contribution < -0.4 is 0 Å². The normalized spacial score (nSPS) is 35.7. The Morgan fingerprint density at radius 2 is 2.35 bits per heavy atom. The maximum atomic E-state index is 14.4. The second-order valence-corrected chi connectivity index (χ2v) is 6.88. The molecule has 3 heterocycles. The number of alkyl halides is 1. The van der Waals surface area contributed by atoms with Crippen molar-refractivity contribution in [3.63, 3.8) is 0 Å². The lowest BCUT2D eigenvalue weighted by atomic mass is 9.76. The van der Waals surface area contributed by atoms with Crippen molar-refractivity contribution in [2.45, 2.75) is 38.4 Å². The van der Waals surface area contributed by atoms with E-state index in [1.165, 1.54) is 0 Å². The molecular formula is C17H20FN3O2. The Balaban J connectivity index is 1.65. The lowest BCUT2D eigenvalue weighted by Gasteiger charge is -2.33. The monoisotopic (exact) mass is 317 g/mol. The van der Waals surface area contributed by atoms with Crippen molar-refractivity contribution in [3.8, 4) is 0 Å². The third-order valence-corrected chi connectivity index (χ3v) is 5.23. The van der Waals surface area contributed by atoms with Gasteiger partial charge in [-0.25, -0.2) is 14.1 Å². The smallest absolute Gasteiger partial charge is 0.218 e. The first-order valence-electron chi connectivity index (χ1n) is 8.15. The van der Waals surface area contributed by atoms with Crippen LogP contribution in [0, 0.1) is 11.3 Å². The second-order valence-electron chi connectivity index (χ2n) is 6.88. The van der Waals surface area contributed by atoms with E-state index in [0.29, 0.717) is 31.9 Å². The molecule has 5 nitrogen and oxygen atoms in total. The summed E-state index contributed by atoms with van der Waals surface area (Å²) in [7, 11) is 0. The van der Waals surface area contributed by atoms with Crippen molar-refractivity contribution >= 4 is 5.78 Å². The van der Waals surface area contributed by atoms with E-state index in [9.17, 15) is 9.18 Å². The van der Waals surface area contributed by atoms with Crippen LogP contribution in [0.5, 0.6) is 0 Å². The molecule has 1 fully saturated rings. The molecule has 6 heteroatoms. The molecule has 0 saturated carbocycles. The van der Waals surface area contributed by atoms with Gasteiger partial charge in [-0.15, -0.1) is 5.10 Å². The molecule has 0 bridgehead atoms. The number of carbonyl (C=O) groups is 1. The highest BCUT2D eigenvalue weighted by molar-refractivity contribution is 5.94. The number of carbonyl (C=O) groups excluding carboxylic acids is 1. The van der Waals surface area contributed by atoms with Crippen LogP contribution in [0.1, 0.15) is 54.8 Å². The van der Waals surface area contributed by atoms with E-state index in [1.54, 1.807) is 4.68 Å². The topological polar surface area (TPSA) is 57.0 Å². The van der Waals surface area contributed by atoms with E-state index < -0.39 is 6.17 Å². The fourth-order valence-electron chi connectivity index (χ4n) is 3.75. The lowest BCUT2D eigenvalue weighted by Crippen LogP contribution is -2.27. The highest BCUT2D eigenvalue weighted by Gasteiger charge is 2.44. The zero-order chi connectivity index (χ0) is 16.0. The summed E-state index contributed by atoms with van der Waals surface area (Å²) in [5, 5.41) is 4.39. The quantitative estimate of drug-likeness (QED) is 0.804. The van der Waals surface area contributed by atoms with Crippen LogP contribution in [0.4, 0.5) is 4.39 Å². The summed E-state index contributed by atoms with van der Waals surface area (Å²) in [5.74, 6) is 0.116. The van der Waals surface area contributed by atoms with Crippen LogP contribution in [-0.2, 0) is 4.74 Å². The number of ketones is 1. The second kappa shape index (κ2) is 5.37. The van der Waals surface area contributed by atoms with Crippen molar-refractivity contribution in [1.82, 2.24) is 14.8 Å². The van der Waals surface area contributed by atoms with Gasteiger partial charge in [-0.05, 0) is 12.8 Å². The number of ether oxygens (including phenoxy) is 1. The Hall–Kier alpha value is -1.82. The molecule has 1 aromatic heterocycles. The van der Waals surface area contributed by atoms with Crippen molar-refractivity contribution < 1.29 is 13.9 Å². The number of hydrogen-bond acceptors (Lipinski definition) is 4. The Labute approximate surface area is 134 Å². The number of fused-ring (bicyclic) bond motifs is 1. The summed E-state index contributed by atoms with van der Waals surface area (Å²) >= 11 is 0. The molecule has 122 valence electrons. The SMILES string of the molecule is CC1([C@@H]2C[C@H](F)c3nc(C(=O)[C@H]4CCOC4)nn32)C=CC=CC1. The van der Waals surface area contributed by atoms with Gasteiger partial charge in [0.1, 0.15) is 0 Å². The van der Waals surface area contributed by atoms with E-state index in [0.717, 1.165) is 6.42 Å². The standard InChI is InChI=1S/C17H20FN3O2/c1-17(6-3-2-4-7-17)13-9-12(18)16-19-15(20-21(13)16)14(22)11-5-8-23-10-11/h2-4,6,11-13H,5,7-10H2,1H3/t11-,12-,13-,17?/m0/s1. The molecule has 2 aliphatic heterocycles. The number of nitrogens with zero attached hydrogens (tertiary/aromatic N) is 3. The molecular weight excluding hydrogens is 297 g/mol. The number of hydrogen-bond donors (Lipinski definition) is 0. The van der Waals surface area contributed by atoms with E-state index in [-0.39, 0.29) is 29.0 Å². The van der Waals surface area contributed by atoms with Crippen LogP contribution in [0.3, 0.4) is 0 Å². The van der Waals surface area contributed by atoms with E-state index in [4.69, 9.17) is 4.74 Å². The van der Waals surface area contributed by atoms with Gasteiger partial charge in [0.15, 0.2) is 12.0 Å². The van der Waals surface area contributed by atoms with Gasteiger partial charge in [0.2, 0.25) is 11.6 Å². The summed E-state index contributed by atoms with van der Waals surface area (Å²) in [6, 6.07) is -0.109. The first-order valence-corrected chi connectivity index (χ1v) is 8.15. The summed E-state index contributed by atoms with van der Waals surface area (Å²) in [5.41, 5.74) is -0.200. The molecule has 0 amide bonds. The molecule has 1 unspecified atom stereocenters. The molecule has 23 heavy (non-hydrogen) atoms. The zero-order valence-electron chi connectivity index (χ0n) is 13.1. The molecule has 4 rings (SSSR count). The minimum Gasteiger partial charge on any atom is -0.381 e. The molecule has 1 aliphatic carbocycles. The van der Waals surface area contributed by atoms with Crippen molar-refractivity contribution in [3.05, 3.63) is 36.0 Å². The molecule has 0 spiro atoms. The van der Waals surface area contributed by atoms with Crippen LogP contribution in [-0.4, -0.2) is 33.8 Å². The van der Waals surface area contributed by atoms with E-state index in [1.807, 2.05) is 12.2 Å². The highest BCUT2D eigenvalue weighted by atomic mass is 19.1. The summed E-state index contributed by atoms with van der Waals surface area (Å²) in [4.78, 5) is 16.7. The number of rotatable bonds is 3. The number of allylic oxidation sites excluding steroid dienone is 4. The first kappa shape index (κ1) is 14.8. The minimum atomic E-state index is -1.16. The zero-order valence-corrected chi connectivity index (χ0v) is 13.1. The van der Waals surface area contributed by atoms with Crippen LogP contribution in [0.15, 0.2) is 24.3 Å². The maximum Gasteiger partial charge on any atom is 0.218 e. The van der Waals surface area contributed by atoms with Gasteiger partial charge in [-0.2, -0.15) is 0 Å². The van der Waals surface area contributed by atoms with Crippen LogP contribution in [0.2, 0.25) is 0 Å². The van der Waals surface area contributed by atoms with Gasteiger partial charge in [-0.3, -0.25) is 4.79 Å². The molecule has 0 radical (unpaired) electrons. The van der Waals surface area contributed by atoms with Gasteiger partial charge in [-0.1, -0.05) is 31.2 Å². The van der Waals surface area contributed by atoms with E-state index >= 15 is 0 Å². The van der Waals surface area contributed by atoms with Gasteiger partial charge in [0.25, 0.3) is 0 Å². The van der Waals surface area contributed by atoms with Gasteiger partial charge < -0.3 is 4.74 Å². The number of Topliss-reactive ketones (excluding diaryl/α,β-unsaturated/α-hetero) is 1. The maximum absolute atomic E-state index is 14.4. The van der Waals surface area contributed by atoms with Crippen LogP contribution in [0.25, 0.3) is 0 Å². The Bertz CT molecular complexity index is 690. The summed E-state index contributed by atoms with van der Waals surface area (Å²) < 4.78 is 21.4. The van der Waals surface area contributed by atoms with Crippen molar-refractivity contribution in [1.29, 1.82) is 0 Å². The Kier molecular flexibility index (Phi) is 3.44. The first-order chi connectivity index (χ1) is 11.1. The van der Waals surface area contributed by atoms with Crippen molar-refractivity contribution in [2.24, 2.45) is 11.3 Å². The van der Waals surface area contributed by atoms with Crippen molar-refractivity contribution in [2.75, 3.05) is 13.2 Å². The summed E-state index contributed by atoms with van der Waals surface area (Å²) in [6.07, 6.45) is 8.91. The molecule has 1 aromatic rings. The van der Waals surface area contributed by atoms with Gasteiger partial charge >= 0.3 is 0 Å². The highest BCUT2D eigenvalue weighted by Crippen LogP contribution is 2.48. The summed E-state index contributed by atoms with van der Waals surface area (Å²) in [6.45, 7) is 3.11. The average molecular weight is 317 g/mol. The molecule has 1 saturated heterocycles. The Morgan fingerprint density at radius 3 is 3.04 bits per heavy atom. The fourth-order valence-corrected chi connectivity index (χ4v) is 3.75. The van der Waals surface area contributed by atoms with Crippen LogP contribution >= 0.6 is 0 Å². The average Bonchev–Trinajstić information content (AvgIpc) is 3.25. The van der Waals surface area contributed by atoms with Gasteiger partial charge in [0, 0.05) is 18.4 Å². The molecule has 4 atom stereocenters. The third-order valence-electron chi connectivity index (χ3n) is 5.23. The minimum absolute atomic E-state index is 0.109. The lowest BCUT2D eigenvalue weighted by molar-refractivity contribution is 0.0887. The molecule has 0 aromatic carbocycles. The fraction of sp³-hybridized carbons (Fsp3) is 0.588. The van der Waals surface area contributed by atoms with Gasteiger partial charge in [0.05, 0.1) is 18.6 Å². The van der Waals surface area contributed by atoms with E-state index in [2.05, 4.69) is 29.2 Å². The largest absolute Gasteiger partial charge is 0.381 e. The third kappa shape index (κ3) is 2.36. The predicted octanol–water partition coefficient (Wildman–Crippen LogP) is 2.98. The molecule has 3 aliphatic rings. The number of aromatic nitrogens is 3. The predicted molar refractivity (Wildman–Crippen MR) is 81.8 cm³/mol. The Morgan fingerprint density at radius 1 is 1.48 bits per heavy atom. The molecule has 0 N–H and O–H groups in total. The number of halogens is 1.